The lowest BCUT2D eigenvalue weighted by atomic mass is 9.63. The van der Waals surface area contributed by atoms with Crippen LogP contribution in [0.2, 0.25) is 0 Å². The van der Waals surface area contributed by atoms with Crippen LogP contribution in [0, 0.1) is 23.7 Å². The average Bonchev–Trinajstić information content (AvgIpc) is 3.79. The lowest BCUT2D eigenvalue weighted by Crippen LogP contribution is -2.37. The van der Waals surface area contributed by atoms with Gasteiger partial charge in [0.05, 0.1) is 0 Å². The minimum absolute atomic E-state index is 0.143. The van der Waals surface area contributed by atoms with E-state index in [9.17, 15) is 9.59 Å². The highest BCUT2D eigenvalue weighted by Gasteiger charge is 2.49. The number of allylic oxidation sites excluding steroid dienone is 1. The Labute approximate surface area is 384 Å². The molecule has 65 heavy (non-hydrogen) atoms. The molecule has 3 heteroatoms. The van der Waals surface area contributed by atoms with Crippen LogP contribution in [-0.4, -0.2) is 12.1 Å². The zero-order chi connectivity index (χ0) is 45.4. The van der Waals surface area contributed by atoms with Gasteiger partial charge < -0.3 is 4.90 Å². The highest BCUT2D eigenvalue weighted by atomic mass is 16.1. The summed E-state index contributed by atoms with van der Waals surface area (Å²) in [4.78, 5) is 28.0. The highest BCUT2D eigenvalue weighted by Crippen LogP contribution is 2.59. The van der Waals surface area contributed by atoms with Crippen molar-refractivity contribution < 1.29 is 9.59 Å². The van der Waals surface area contributed by atoms with Crippen LogP contribution in [-0.2, 0) is 10.8 Å². The Hall–Kier alpha value is -6.84. The maximum absolute atomic E-state index is 13.5. The van der Waals surface area contributed by atoms with Gasteiger partial charge in [-0.3, -0.25) is 9.59 Å². The summed E-state index contributed by atoms with van der Waals surface area (Å²) >= 11 is 0. The molecule has 0 saturated heterocycles. The van der Waals surface area contributed by atoms with Crippen LogP contribution < -0.4 is 4.90 Å². The summed E-state index contributed by atoms with van der Waals surface area (Å²) in [5, 5.41) is 4.05. The van der Waals surface area contributed by atoms with Crippen LogP contribution >= 0.6 is 0 Å². The van der Waals surface area contributed by atoms with Crippen molar-refractivity contribution in [3.8, 4) is 22.3 Å². The molecule has 0 aromatic heterocycles. The third-order valence-electron chi connectivity index (χ3n) is 15.2. The molecule has 3 nitrogen and oxygen atoms in total. The Morgan fingerprint density at radius 3 is 1.42 bits per heavy atom. The minimum atomic E-state index is -0.197. The summed E-state index contributed by atoms with van der Waals surface area (Å²) in [5.41, 5.74) is 15.8. The number of anilines is 3. The van der Waals surface area contributed by atoms with Crippen molar-refractivity contribution in [2.45, 2.75) is 66.2 Å². The summed E-state index contributed by atoms with van der Waals surface area (Å²) in [7, 11) is 0. The smallest absolute Gasteiger partial charge is 0.186 e. The average molecular weight is 848 g/mol. The number of ketones is 1. The molecule has 8 aromatic rings. The monoisotopic (exact) mass is 847 g/mol. The number of rotatable bonds is 11. The third kappa shape index (κ3) is 6.38. The number of benzene rings is 8. The molecule has 2 aliphatic carbocycles. The molecule has 322 valence electrons. The van der Waals surface area contributed by atoms with Crippen molar-refractivity contribution in [1.29, 1.82) is 0 Å². The summed E-state index contributed by atoms with van der Waals surface area (Å²) < 4.78 is 0. The van der Waals surface area contributed by atoms with Gasteiger partial charge in [-0.25, -0.2) is 0 Å². The SMILES string of the molecule is CC(C)C1(C(C)C)c2ccccc2-c2ccc(N(c3ccc4c(c3)C(C(C)C)(C(C)C)c3ccccc3-4)c3ccc4cc(/C=C\C(=O)c5cc6ccccc6cc5C=O)ccc4c3)cc21. The van der Waals surface area contributed by atoms with Gasteiger partial charge in [-0.15, -0.1) is 0 Å². The molecule has 0 unspecified atom stereocenters. The first kappa shape index (κ1) is 42.1. The Kier molecular flexibility index (Phi) is 10.4. The largest absolute Gasteiger partial charge is 0.310 e. The van der Waals surface area contributed by atoms with Crippen LogP contribution in [0.1, 0.15) is 104 Å². The zero-order valence-electron chi connectivity index (χ0n) is 38.8. The predicted molar refractivity (Wildman–Crippen MR) is 273 cm³/mol. The Balaban J connectivity index is 1.11. The van der Waals surface area contributed by atoms with Crippen molar-refractivity contribution in [3.05, 3.63) is 203 Å². The fourth-order valence-electron chi connectivity index (χ4n) is 12.5. The van der Waals surface area contributed by atoms with E-state index >= 15 is 0 Å². The molecule has 0 spiro atoms. The first-order valence-corrected chi connectivity index (χ1v) is 23.4. The van der Waals surface area contributed by atoms with Crippen molar-refractivity contribution in [2.75, 3.05) is 4.90 Å². The Bertz CT molecular complexity index is 3100. The summed E-state index contributed by atoms with van der Waals surface area (Å²) in [5.74, 6) is 1.32. The van der Waals surface area contributed by atoms with Crippen LogP contribution in [0.4, 0.5) is 17.1 Å². The molecule has 0 amide bonds. The van der Waals surface area contributed by atoms with Gasteiger partial charge in [0.1, 0.15) is 0 Å². The summed E-state index contributed by atoms with van der Waals surface area (Å²) in [6.45, 7) is 19.1. The number of nitrogens with zero attached hydrogens (tertiary/aromatic N) is 1. The first-order valence-electron chi connectivity index (χ1n) is 23.4. The van der Waals surface area contributed by atoms with E-state index in [0.717, 1.165) is 50.5 Å². The number of carbonyl (C=O) groups excluding carboxylic acids is 2. The van der Waals surface area contributed by atoms with Gasteiger partial charge in [0.2, 0.25) is 0 Å². The van der Waals surface area contributed by atoms with E-state index in [1.165, 1.54) is 44.5 Å². The third-order valence-corrected chi connectivity index (χ3v) is 15.2. The topological polar surface area (TPSA) is 37.4 Å². The van der Waals surface area contributed by atoms with E-state index in [1.807, 2.05) is 36.4 Å². The maximum atomic E-state index is 13.5. The van der Waals surface area contributed by atoms with E-state index in [-0.39, 0.29) is 16.6 Å². The van der Waals surface area contributed by atoms with Gasteiger partial charge in [-0.2, -0.15) is 0 Å². The van der Waals surface area contributed by atoms with Crippen LogP contribution in [0.15, 0.2) is 164 Å². The number of aldehydes is 1. The number of hydrogen-bond acceptors (Lipinski definition) is 3. The zero-order valence-corrected chi connectivity index (χ0v) is 38.8. The van der Waals surface area contributed by atoms with Crippen molar-refractivity contribution >= 4 is 56.8 Å². The molecule has 0 heterocycles. The van der Waals surface area contributed by atoms with Gasteiger partial charge >= 0.3 is 0 Å². The van der Waals surface area contributed by atoms with E-state index in [0.29, 0.717) is 34.8 Å². The van der Waals surface area contributed by atoms with E-state index < -0.39 is 0 Å². The van der Waals surface area contributed by atoms with Crippen LogP contribution in [0.5, 0.6) is 0 Å². The molecule has 10 rings (SSSR count). The molecule has 0 saturated carbocycles. The molecule has 0 N–H and O–H groups in total. The van der Waals surface area contributed by atoms with Gasteiger partial charge in [-0.05, 0) is 156 Å². The van der Waals surface area contributed by atoms with Crippen molar-refractivity contribution in [2.24, 2.45) is 23.7 Å². The normalized spacial score (nSPS) is 14.4. The fourth-order valence-corrected chi connectivity index (χ4v) is 12.5. The van der Waals surface area contributed by atoms with Crippen molar-refractivity contribution in [3.63, 3.8) is 0 Å². The molecule has 0 atom stereocenters. The highest BCUT2D eigenvalue weighted by molar-refractivity contribution is 6.13. The second-order valence-corrected chi connectivity index (χ2v) is 19.6. The molecular formula is C62H57NO2. The van der Waals surface area contributed by atoms with Gasteiger partial charge in [0.25, 0.3) is 0 Å². The standard InChI is InChI=1S/C62H57NO2/c1-38(2)61(39(3)4)56-19-13-11-17-51(56)53-28-26-49(35-58(53)61)63(50-27-29-54-52-18-12-14-20-57(52)62(40(5)6,41(7)8)59(54)36-50)48-25-24-45-31-42(21-23-46(45)33-48)22-30-60(65)55-34-44-16-10-9-15-43(44)32-47(55)37-64/h9-41H,1-8H3/b30-22-. The second-order valence-electron chi connectivity index (χ2n) is 19.6. The molecular weight excluding hydrogens is 791 g/mol. The summed E-state index contributed by atoms with van der Waals surface area (Å²) in [6, 6.07) is 57.0. The van der Waals surface area contributed by atoms with Crippen LogP contribution in [0.3, 0.4) is 0 Å². The van der Waals surface area contributed by atoms with E-state index in [1.54, 1.807) is 12.1 Å². The molecule has 8 aromatic carbocycles. The second kappa shape index (κ2) is 16.0. The molecule has 0 fully saturated rings. The lowest BCUT2D eigenvalue weighted by Gasteiger charge is -2.41. The quantitative estimate of drug-likeness (QED) is 0.0739. The number of hydrogen-bond donors (Lipinski definition) is 0. The minimum Gasteiger partial charge on any atom is -0.310 e. The molecule has 2 aliphatic rings. The molecule has 0 bridgehead atoms. The molecule has 0 radical (unpaired) electrons. The van der Waals surface area contributed by atoms with Crippen molar-refractivity contribution in [1.82, 2.24) is 0 Å². The number of fused-ring (bicyclic) bond motifs is 8. The van der Waals surface area contributed by atoms with Gasteiger partial charge in [0, 0.05) is 39.0 Å². The van der Waals surface area contributed by atoms with E-state index in [4.69, 9.17) is 0 Å². The van der Waals surface area contributed by atoms with Crippen LogP contribution in [0.25, 0.3) is 49.9 Å². The van der Waals surface area contributed by atoms with Gasteiger partial charge in [-0.1, -0.05) is 165 Å². The Morgan fingerprint density at radius 1 is 0.446 bits per heavy atom. The van der Waals surface area contributed by atoms with E-state index in [2.05, 4.69) is 182 Å². The number of carbonyl (C=O) groups is 2. The van der Waals surface area contributed by atoms with Gasteiger partial charge in [0.15, 0.2) is 12.1 Å². The lowest BCUT2D eigenvalue weighted by molar-refractivity contribution is 0.103. The summed E-state index contributed by atoms with van der Waals surface area (Å²) in [6.07, 6.45) is 4.20. The Morgan fingerprint density at radius 2 is 0.877 bits per heavy atom. The fraction of sp³-hybridized carbons (Fsp3) is 0.226. The molecule has 0 aliphatic heterocycles. The maximum Gasteiger partial charge on any atom is 0.186 e. The first-order chi connectivity index (χ1) is 31.4. The predicted octanol–water partition coefficient (Wildman–Crippen LogP) is 16.3.